The van der Waals surface area contributed by atoms with Gasteiger partial charge in [0.25, 0.3) is 0 Å². The van der Waals surface area contributed by atoms with Crippen molar-refractivity contribution in [2.24, 2.45) is 0 Å². The predicted molar refractivity (Wildman–Crippen MR) is 112 cm³/mol. The molecule has 1 aromatic carbocycles. The highest BCUT2D eigenvalue weighted by molar-refractivity contribution is 5.20. The summed E-state index contributed by atoms with van der Waals surface area (Å²) < 4.78 is 5.71. The number of rotatable bonds is 18. The van der Waals surface area contributed by atoms with E-state index in [4.69, 9.17) is 4.74 Å². The fourth-order valence-corrected chi connectivity index (χ4v) is 3.19. The quantitative estimate of drug-likeness (QED) is 0.328. The van der Waals surface area contributed by atoms with Crippen LogP contribution in [0.5, 0.6) is 5.75 Å². The molecule has 0 aliphatic carbocycles. The molecule has 0 aliphatic heterocycles. The van der Waals surface area contributed by atoms with Gasteiger partial charge >= 0.3 is 0 Å². The van der Waals surface area contributed by atoms with Crippen LogP contribution in [-0.4, -0.2) is 30.9 Å². The third-order valence-electron chi connectivity index (χ3n) is 4.89. The molecule has 0 aromatic heterocycles. The highest BCUT2D eigenvalue weighted by Gasteiger charge is 2.04. The van der Waals surface area contributed by atoms with Gasteiger partial charge in [-0.1, -0.05) is 82.9 Å². The lowest BCUT2D eigenvalue weighted by molar-refractivity contribution is 0.233. The van der Waals surface area contributed by atoms with Crippen LogP contribution in [0.4, 0.5) is 0 Å². The summed E-state index contributed by atoms with van der Waals surface area (Å²) in [7, 11) is 0. The molecule has 0 unspecified atom stereocenters. The zero-order chi connectivity index (χ0) is 18.7. The van der Waals surface area contributed by atoms with Crippen LogP contribution in [0.1, 0.15) is 84.0 Å². The molecule has 0 saturated carbocycles. The molecule has 0 spiro atoms. The van der Waals surface area contributed by atoms with Crippen LogP contribution in [-0.2, 0) is 0 Å². The van der Waals surface area contributed by atoms with Crippen molar-refractivity contribution in [1.82, 2.24) is 5.32 Å². The highest BCUT2D eigenvalue weighted by Crippen LogP contribution is 2.12. The van der Waals surface area contributed by atoms with Gasteiger partial charge in [0.2, 0.25) is 0 Å². The Hall–Kier alpha value is -1.06. The van der Waals surface area contributed by atoms with Crippen LogP contribution < -0.4 is 10.1 Å². The molecule has 1 aromatic rings. The Balaban J connectivity index is 1.78. The summed E-state index contributed by atoms with van der Waals surface area (Å²) in [5, 5.41) is 12.8. The Morgan fingerprint density at radius 1 is 0.846 bits per heavy atom. The number of benzene rings is 1. The van der Waals surface area contributed by atoms with Gasteiger partial charge in [0.15, 0.2) is 0 Å². The first-order chi connectivity index (χ1) is 12.9. The van der Waals surface area contributed by atoms with Crippen LogP contribution in [0.2, 0.25) is 0 Å². The summed E-state index contributed by atoms with van der Waals surface area (Å²) in [6.07, 6.45) is 15.2. The number of hydrogen-bond donors (Lipinski definition) is 2. The monoisotopic (exact) mass is 363 g/mol. The largest absolute Gasteiger partial charge is 0.494 e. The smallest absolute Gasteiger partial charge is 0.119 e. The molecule has 0 bridgehead atoms. The van der Waals surface area contributed by atoms with E-state index < -0.39 is 0 Å². The molecular weight excluding hydrogens is 322 g/mol. The Morgan fingerprint density at radius 2 is 1.46 bits per heavy atom. The normalized spacial score (nSPS) is 12.2. The number of aliphatic hydroxyl groups excluding tert-OH is 1. The van der Waals surface area contributed by atoms with Gasteiger partial charge in [0.05, 0.1) is 13.2 Å². The summed E-state index contributed by atoms with van der Waals surface area (Å²) >= 11 is 0. The van der Waals surface area contributed by atoms with E-state index in [1.807, 2.05) is 30.3 Å². The summed E-state index contributed by atoms with van der Waals surface area (Å²) in [6.45, 7) is 4.36. The molecule has 0 fully saturated rings. The lowest BCUT2D eigenvalue weighted by Crippen LogP contribution is -2.33. The zero-order valence-electron chi connectivity index (χ0n) is 16.9. The van der Waals surface area contributed by atoms with Gasteiger partial charge in [-0.25, -0.2) is 0 Å². The summed E-state index contributed by atoms with van der Waals surface area (Å²) in [5.41, 5.74) is 0. The Labute approximate surface area is 161 Å². The SMILES string of the molecule is CCCC[C@@H](CO)NCCCCCCCCCCCOc1ccccc1. The first-order valence-corrected chi connectivity index (χ1v) is 10.9. The van der Waals surface area contributed by atoms with Gasteiger partial charge < -0.3 is 15.2 Å². The number of unbranched alkanes of at least 4 members (excludes halogenated alkanes) is 9. The fourth-order valence-electron chi connectivity index (χ4n) is 3.19. The Kier molecular flexibility index (Phi) is 15.3. The first kappa shape index (κ1) is 23.0. The van der Waals surface area contributed by atoms with Crippen molar-refractivity contribution >= 4 is 0 Å². The summed E-state index contributed by atoms with van der Waals surface area (Å²) in [5.74, 6) is 0.984. The number of ether oxygens (including phenoxy) is 1. The van der Waals surface area contributed by atoms with Crippen molar-refractivity contribution in [1.29, 1.82) is 0 Å². The molecule has 0 heterocycles. The lowest BCUT2D eigenvalue weighted by Gasteiger charge is -2.15. The van der Waals surface area contributed by atoms with E-state index in [0.29, 0.717) is 6.04 Å². The van der Waals surface area contributed by atoms with Crippen molar-refractivity contribution in [3.8, 4) is 5.75 Å². The summed E-state index contributed by atoms with van der Waals surface area (Å²) in [4.78, 5) is 0. The Morgan fingerprint density at radius 3 is 2.08 bits per heavy atom. The average Bonchev–Trinajstić information content (AvgIpc) is 2.68. The van der Waals surface area contributed by atoms with Gasteiger partial charge in [0.1, 0.15) is 5.75 Å². The number of aliphatic hydroxyl groups is 1. The molecule has 150 valence electrons. The molecule has 0 amide bonds. The Bertz CT molecular complexity index is 396. The van der Waals surface area contributed by atoms with Crippen molar-refractivity contribution in [3.05, 3.63) is 30.3 Å². The van der Waals surface area contributed by atoms with Crippen LogP contribution in [0.15, 0.2) is 30.3 Å². The van der Waals surface area contributed by atoms with Crippen molar-refractivity contribution in [3.63, 3.8) is 0 Å². The average molecular weight is 364 g/mol. The van der Waals surface area contributed by atoms with Crippen LogP contribution >= 0.6 is 0 Å². The van der Waals surface area contributed by atoms with Crippen LogP contribution in [0, 0.1) is 0 Å². The van der Waals surface area contributed by atoms with Crippen molar-refractivity contribution in [2.75, 3.05) is 19.8 Å². The predicted octanol–water partition coefficient (Wildman–Crippen LogP) is 5.72. The fraction of sp³-hybridized carbons (Fsp3) is 0.739. The molecule has 1 rings (SSSR count). The van der Waals surface area contributed by atoms with E-state index in [2.05, 4.69) is 12.2 Å². The van der Waals surface area contributed by atoms with E-state index >= 15 is 0 Å². The molecular formula is C23H41NO2. The topological polar surface area (TPSA) is 41.5 Å². The maximum absolute atomic E-state index is 9.32. The van der Waals surface area contributed by atoms with E-state index in [0.717, 1.165) is 31.7 Å². The number of para-hydroxylation sites is 1. The van der Waals surface area contributed by atoms with Crippen molar-refractivity contribution < 1.29 is 9.84 Å². The van der Waals surface area contributed by atoms with E-state index in [1.54, 1.807) is 0 Å². The van der Waals surface area contributed by atoms with E-state index in [1.165, 1.54) is 64.2 Å². The van der Waals surface area contributed by atoms with E-state index in [9.17, 15) is 5.11 Å². The lowest BCUT2D eigenvalue weighted by atomic mass is 10.1. The second kappa shape index (κ2) is 17.4. The molecule has 3 heteroatoms. The second-order valence-electron chi connectivity index (χ2n) is 7.32. The minimum atomic E-state index is 0.274. The van der Waals surface area contributed by atoms with Crippen molar-refractivity contribution in [2.45, 2.75) is 90.0 Å². The molecule has 0 saturated heterocycles. The maximum atomic E-state index is 9.32. The summed E-state index contributed by atoms with van der Waals surface area (Å²) in [6, 6.07) is 10.4. The van der Waals surface area contributed by atoms with Gasteiger partial charge in [0, 0.05) is 6.04 Å². The molecule has 1 atom stereocenters. The minimum Gasteiger partial charge on any atom is -0.494 e. The van der Waals surface area contributed by atoms with Gasteiger partial charge in [-0.2, -0.15) is 0 Å². The highest BCUT2D eigenvalue weighted by atomic mass is 16.5. The van der Waals surface area contributed by atoms with E-state index in [-0.39, 0.29) is 6.61 Å². The van der Waals surface area contributed by atoms with Crippen LogP contribution in [0.25, 0.3) is 0 Å². The third-order valence-corrected chi connectivity index (χ3v) is 4.89. The third kappa shape index (κ3) is 13.2. The molecule has 3 nitrogen and oxygen atoms in total. The van der Waals surface area contributed by atoms with Gasteiger partial charge in [-0.05, 0) is 37.9 Å². The minimum absolute atomic E-state index is 0.274. The van der Waals surface area contributed by atoms with Crippen LogP contribution in [0.3, 0.4) is 0 Å². The number of nitrogens with one attached hydrogen (secondary N) is 1. The zero-order valence-corrected chi connectivity index (χ0v) is 16.9. The molecule has 0 aliphatic rings. The first-order valence-electron chi connectivity index (χ1n) is 10.9. The van der Waals surface area contributed by atoms with Gasteiger partial charge in [-0.3, -0.25) is 0 Å². The molecule has 2 N–H and O–H groups in total. The second-order valence-corrected chi connectivity index (χ2v) is 7.32. The molecule has 0 radical (unpaired) electrons. The maximum Gasteiger partial charge on any atom is 0.119 e. The van der Waals surface area contributed by atoms with Gasteiger partial charge in [-0.15, -0.1) is 0 Å². The number of hydrogen-bond acceptors (Lipinski definition) is 3. The molecule has 26 heavy (non-hydrogen) atoms. The standard InChI is InChI=1S/C23H41NO2/c1-2-3-16-22(21-25)24-19-14-9-7-5-4-6-8-10-15-20-26-23-17-12-11-13-18-23/h11-13,17-18,22,24-25H,2-10,14-16,19-21H2,1H3/t22-/m0/s1.